The third-order valence-corrected chi connectivity index (χ3v) is 2.70. The first-order valence-electron chi connectivity index (χ1n) is 8.80. The van der Waals surface area contributed by atoms with Crippen LogP contribution in [0.1, 0.15) is 59.4 Å². The summed E-state index contributed by atoms with van der Waals surface area (Å²) >= 11 is 0. The van der Waals surface area contributed by atoms with Crippen LogP contribution in [-0.2, 0) is 0 Å². The van der Waals surface area contributed by atoms with E-state index in [1.165, 1.54) is 5.57 Å². The van der Waals surface area contributed by atoms with E-state index in [-0.39, 0.29) is 51.4 Å². The van der Waals surface area contributed by atoms with Crippen molar-refractivity contribution in [3.8, 4) is 0 Å². The van der Waals surface area contributed by atoms with Crippen molar-refractivity contribution in [2.75, 3.05) is 0 Å². The molecule has 25 heavy (non-hydrogen) atoms. The first kappa shape index (κ1) is 29.4. The molecule has 130 valence electrons. The van der Waals surface area contributed by atoms with Gasteiger partial charge in [0.1, 0.15) is 7.85 Å². The van der Waals surface area contributed by atoms with Crippen LogP contribution in [0.5, 0.6) is 0 Å². The monoisotopic (exact) mass is 361 g/mol. The second kappa shape index (κ2) is 23.7. The summed E-state index contributed by atoms with van der Waals surface area (Å²) in [6, 6.07) is 7.67. The molecule has 0 spiro atoms. The molecule has 1 aromatic rings. The van der Waals surface area contributed by atoms with Crippen LogP contribution in [-0.4, -0.2) is 14.1 Å². The maximum Gasteiger partial charge on any atom is 1.00 e. The van der Waals surface area contributed by atoms with E-state index in [2.05, 4.69) is 44.5 Å². The Hall–Kier alpha value is -0.319. The average Bonchev–Trinajstić information content (AvgIpc) is 2.61. The Morgan fingerprint density at radius 1 is 1.20 bits per heavy atom. The van der Waals surface area contributed by atoms with Crippen molar-refractivity contribution >= 4 is 19.5 Å². The van der Waals surface area contributed by atoms with Crippen molar-refractivity contribution in [3.05, 3.63) is 72.8 Å². The van der Waals surface area contributed by atoms with Gasteiger partial charge < -0.3 is 4.99 Å². The maximum absolute atomic E-state index is 5.55. The van der Waals surface area contributed by atoms with Crippen LogP contribution in [0.4, 0.5) is 0 Å². The zero-order valence-electron chi connectivity index (χ0n) is 17.1. The second-order valence-corrected chi connectivity index (χ2v) is 4.87. The Kier molecular flexibility index (Phi) is 27.9. The van der Waals surface area contributed by atoms with Crippen LogP contribution in [0.3, 0.4) is 0 Å². The van der Waals surface area contributed by atoms with Crippen LogP contribution in [0.15, 0.2) is 65.7 Å². The van der Waals surface area contributed by atoms with Crippen molar-refractivity contribution in [1.82, 2.24) is 0 Å². The van der Waals surface area contributed by atoms with E-state index in [0.29, 0.717) is 0 Å². The van der Waals surface area contributed by atoms with Gasteiger partial charge in [-0.3, -0.25) is 0 Å². The molecule has 0 N–H and O–H groups in total. The zero-order valence-corrected chi connectivity index (χ0v) is 20.2. The minimum atomic E-state index is 0. The van der Waals surface area contributed by atoms with Crippen molar-refractivity contribution in [3.63, 3.8) is 0 Å². The molecule has 0 heterocycles. The summed E-state index contributed by atoms with van der Waals surface area (Å²) in [6.45, 7) is 15.8. The van der Waals surface area contributed by atoms with E-state index >= 15 is 0 Å². The Morgan fingerprint density at radius 2 is 1.80 bits per heavy atom. The Balaban J connectivity index is -0.000000358. The number of benzene rings is 1. The SMILES string of the molecule is C=C/C=C\C(C)=C/CC.CC.[B]c1ccc([CH-]N=CCCC)cc1.[K+]. The van der Waals surface area contributed by atoms with Crippen LogP contribution >= 0.6 is 0 Å². The number of unbranched alkanes of at least 4 members (excludes halogenated alkanes) is 1. The molecule has 3 heteroatoms. The van der Waals surface area contributed by atoms with Crippen LogP contribution in [0, 0.1) is 6.54 Å². The third kappa shape index (κ3) is 21.6. The van der Waals surface area contributed by atoms with Gasteiger partial charge in [0, 0.05) is 0 Å². The Bertz CT molecular complexity index is 487. The summed E-state index contributed by atoms with van der Waals surface area (Å²) in [4.78, 5) is 4.17. The van der Waals surface area contributed by atoms with Gasteiger partial charge in [-0.15, -0.1) is 35.3 Å². The molecule has 0 aromatic heterocycles. The van der Waals surface area contributed by atoms with Gasteiger partial charge in [0.05, 0.1) is 0 Å². The number of hydrogen-bond acceptors (Lipinski definition) is 1. The van der Waals surface area contributed by atoms with Gasteiger partial charge in [0.25, 0.3) is 0 Å². The molecule has 0 aliphatic rings. The fourth-order valence-corrected chi connectivity index (χ4v) is 1.53. The number of nitrogens with zero attached hydrogens (tertiary/aromatic N) is 1. The summed E-state index contributed by atoms with van der Waals surface area (Å²) in [7, 11) is 5.55. The van der Waals surface area contributed by atoms with Crippen molar-refractivity contribution in [2.24, 2.45) is 4.99 Å². The molecule has 0 bridgehead atoms. The third-order valence-electron chi connectivity index (χ3n) is 2.70. The smallest absolute Gasteiger partial charge is 0.363 e. The molecule has 0 amide bonds. The van der Waals surface area contributed by atoms with Gasteiger partial charge in [0.2, 0.25) is 0 Å². The zero-order chi connectivity index (χ0) is 18.6. The van der Waals surface area contributed by atoms with E-state index in [0.717, 1.165) is 30.3 Å². The molecule has 0 unspecified atom stereocenters. The average molecular weight is 361 g/mol. The van der Waals surface area contributed by atoms with Gasteiger partial charge in [-0.2, -0.15) is 0 Å². The summed E-state index contributed by atoms with van der Waals surface area (Å²) < 4.78 is 0. The molecule has 0 fully saturated rings. The van der Waals surface area contributed by atoms with Crippen LogP contribution in [0.25, 0.3) is 0 Å². The normalized spacial score (nSPS) is 10.2. The first-order valence-corrected chi connectivity index (χ1v) is 8.80. The van der Waals surface area contributed by atoms with Gasteiger partial charge >= 0.3 is 51.4 Å². The van der Waals surface area contributed by atoms with Crippen molar-refractivity contribution < 1.29 is 51.4 Å². The molecular weight excluding hydrogens is 328 g/mol. The standard InChI is InChI=1S/C11H13BN.C9H14.C2H6.K/c1-2-3-8-13-9-10-4-6-11(12)7-5-10;1-4-6-8-9(3)7-5-2;1-2;/h4-9H,2-3H2,1H3;4,6-8H,1,5H2,2-3H3;1-2H3;/q-1;;;+1/b;8-6-,9-7-;;. The molecule has 0 aliphatic carbocycles. The molecule has 0 saturated heterocycles. The predicted molar refractivity (Wildman–Crippen MR) is 113 cm³/mol. The molecule has 2 radical (unpaired) electrons. The van der Waals surface area contributed by atoms with Gasteiger partial charge in [-0.1, -0.05) is 89.8 Å². The maximum atomic E-state index is 5.55. The van der Waals surface area contributed by atoms with E-state index < -0.39 is 0 Å². The van der Waals surface area contributed by atoms with E-state index in [9.17, 15) is 0 Å². The number of aliphatic imine (C=N–C) groups is 1. The van der Waals surface area contributed by atoms with Gasteiger partial charge in [0.15, 0.2) is 0 Å². The Labute approximate surface area is 200 Å². The fraction of sp³-hybridized carbons (Fsp3) is 0.364. The molecular formula is C22H33BKN. The van der Waals surface area contributed by atoms with E-state index in [1.807, 2.05) is 56.9 Å². The molecule has 1 aromatic carbocycles. The summed E-state index contributed by atoms with van der Waals surface area (Å²) in [5.41, 5.74) is 3.17. The van der Waals surface area contributed by atoms with Gasteiger partial charge in [-0.05, 0) is 13.3 Å². The summed E-state index contributed by atoms with van der Waals surface area (Å²) in [6.07, 6.45) is 13.2. The van der Waals surface area contributed by atoms with E-state index in [4.69, 9.17) is 7.85 Å². The quantitative estimate of drug-likeness (QED) is 0.306. The number of hydrogen-bond donors (Lipinski definition) is 0. The first-order chi connectivity index (χ1) is 11.6. The summed E-state index contributed by atoms with van der Waals surface area (Å²) in [5.74, 6) is 0. The largest absolute Gasteiger partial charge is 1.00 e. The molecule has 0 aliphatic heterocycles. The van der Waals surface area contributed by atoms with Crippen LogP contribution in [0.2, 0.25) is 0 Å². The Morgan fingerprint density at radius 3 is 2.28 bits per heavy atom. The molecule has 0 saturated carbocycles. The minimum Gasteiger partial charge on any atom is -0.363 e. The topological polar surface area (TPSA) is 12.4 Å². The fourth-order valence-electron chi connectivity index (χ4n) is 1.53. The number of rotatable bonds is 7. The van der Waals surface area contributed by atoms with Crippen LogP contribution < -0.4 is 56.8 Å². The minimum absolute atomic E-state index is 0. The van der Waals surface area contributed by atoms with E-state index in [1.54, 1.807) is 6.08 Å². The number of allylic oxidation sites excluding steroid dienone is 5. The summed E-state index contributed by atoms with van der Waals surface area (Å²) in [5, 5.41) is 0. The molecule has 1 rings (SSSR count). The van der Waals surface area contributed by atoms with Crippen molar-refractivity contribution in [1.29, 1.82) is 0 Å². The van der Waals surface area contributed by atoms with Gasteiger partial charge in [-0.25, -0.2) is 0 Å². The predicted octanol–water partition coefficient (Wildman–Crippen LogP) is 2.98. The van der Waals surface area contributed by atoms with Crippen molar-refractivity contribution in [2.45, 2.75) is 53.9 Å². The molecule has 0 atom stereocenters. The second-order valence-electron chi connectivity index (χ2n) is 4.87. The molecule has 1 nitrogen and oxygen atoms in total.